The summed E-state index contributed by atoms with van der Waals surface area (Å²) >= 11 is 5.93. The minimum atomic E-state index is -0.0493. The van der Waals surface area contributed by atoms with Gasteiger partial charge in [0.25, 0.3) is 0 Å². The molecule has 1 aromatic rings. The van der Waals surface area contributed by atoms with Crippen molar-refractivity contribution in [2.75, 3.05) is 0 Å². The van der Waals surface area contributed by atoms with Crippen LogP contribution in [0.2, 0.25) is 5.02 Å². The van der Waals surface area contributed by atoms with Gasteiger partial charge in [-0.1, -0.05) is 57.0 Å². The molecule has 2 nitrogen and oxygen atoms in total. The Bertz CT molecular complexity index is 706. The number of carbonyl (C=O) groups is 1. The van der Waals surface area contributed by atoms with Crippen LogP contribution in [-0.4, -0.2) is 5.97 Å². The van der Waals surface area contributed by atoms with Gasteiger partial charge in [0.1, 0.15) is 5.75 Å². The summed E-state index contributed by atoms with van der Waals surface area (Å²) in [5.41, 5.74) is 0. The minimum Gasteiger partial charge on any atom is -0.426 e. The van der Waals surface area contributed by atoms with E-state index in [0.717, 1.165) is 42.4 Å². The Hall–Kier alpha value is -1.02. The van der Waals surface area contributed by atoms with Crippen molar-refractivity contribution in [1.29, 1.82) is 0 Å². The number of esters is 1. The number of carbonyl (C=O) groups excluding carboxylic acids is 1. The Morgan fingerprint density at radius 1 is 0.812 bits per heavy atom. The molecule has 4 rings (SSSR count). The highest BCUT2D eigenvalue weighted by Crippen LogP contribution is 2.49. The second-order valence-electron chi connectivity index (χ2n) is 11.1. The van der Waals surface area contributed by atoms with E-state index in [1.165, 1.54) is 83.5 Å². The molecule has 3 aliphatic carbocycles. The van der Waals surface area contributed by atoms with Crippen molar-refractivity contribution in [2.24, 2.45) is 35.5 Å². The summed E-state index contributed by atoms with van der Waals surface area (Å²) in [5.74, 6) is 5.41. The Morgan fingerprint density at radius 2 is 1.44 bits per heavy atom. The van der Waals surface area contributed by atoms with Gasteiger partial charge < -0.3 is 4.74 Å². The molecular formula is C29H43ClO2. The molecule has 3 saturated carbocycles. The zero-order valence-electron chi connectivity index (χ0n) is 20.1. The smallest absolute Gasteiger partial charge is 0.314 e. The van der Waals surface area contributed by atoms with E-state index in [4.69, 9.17) is 16.3 Å². The summed E-state index contributed by atoms with van der Waals surface area (Å²) in [5, 5.41) is 0.667. The fourth-order valence-corrected chi connectivity index (χ4v) is 7.23. The van der Waals surface area contributed by atoms with Crippen molar-refractivity contribution in [2.45, 2.75) is 103 Å². The van der Waals surface area contributed by atoms with E-state index in [2.05, 4.69) is 6.92 Å². The molecule has 1 aromatic carbocycles. The molecule has 4 unspecified atom stereocenters. The van der Waals surface area contributed by atoms with Crippen LogP contribution in [-0.2, 0) is 4.79 Å². The predicted octanol–water partition coefficient (Wildman–Crippen LogP) is 8.85. The summed E-state index contributed by atoms with van der Waals surface area (Å²) < 4.78 is 5.61. The number of rotatable bonds is 8. The molecule has 0 aromatic heterocycles. The Kier molecular flexibility index (Phi) is 8.98. The summed E-state index contributed by atoms with van der Waals surface area (Å²) in [6.07, 6.45) is 20.5. The first-order valence-electron chi connectivity index (χ1n) is 13.6. The Morgan fingerprint density at radius 3 is 2.16 bits per heavy atom. The summed E-state index contributed by atoms with van der Waals surface area (Å²) in [7, 11) is 0. The number of halogens is 1. The lowest BCUT2D eigenvalue weighted by atomic mass is 9.60. The van der Waals surface area contributed by atoms with Crippen molar-refractivity contribution in [3.05, 3.63) is 29.3 Å². The molecular weight excluding hydrogens is 416 g/mol. The second-order valence-corrected chi connectivity index (χ2v) is 11.5. The largest absolute Gasteiger partial charge is 0.426 e. The minimum absolute atomic E-state index is 0.0493. The Labute approximate surface area is 200 Å². The van der Waals surface area contributed by atoms with Crippen molar-refractivity contribution in [3.63, 3.8) is 0 Å². The number of fused-ring (bicyclic) bond motifs is 1. The maximum atomic E-state index is 12.6. The van der Waals surface area contributed by atoms with Crippen LogP contribution in [0.25, 0.3) is 0 Å². The predicted molar refractivity (Wildman–Crippen MR) is 133 cm³/mol. The van der Waals surface area contributed by atoms with Crippen LogP contribution in [0.4, 0.5) is 0 Å². The first-order chi connectivity index (χ1) is 15.6. The topological polar surface area (TPSA) is 26.3 Å². The molecule has 4 atom stereocenters. The maximum Gasteiger partial charge on any atom is 0.314 e. The van der Waals surface area contributed by atoms with Gasteiger partial charge in [-0.3, -0.25) is 4.79 Å². The van der Waals surface area contributed by atoms with Gasteiger partial charge in [0.05, 0.1) is 5.92 Å². The van der Waals surface area contributed by atoms with Crippen molar-refractivity contribution in [3.8, 4) is 5.75 Å². The second kappa shape index (κ2) is 11.9. The van der Waals surface area contributed by atoms with Crippen LogP contribution < -0.4 is 4.74 Å². The lowest BCUT2D eigenvalue weighted by molar-refractivity contribution is -0.140. The molecule has 3 aliphatic rings. The van der Waals surface area contributed by atoms with E-state index >= 15 is 0 Å². The van der Waals surface area contributed by atoms with Crippen LogP contribution in [0.1, 0.15) is 103 Å². The summed E-state index contributed by atoms with van der Waals surface area (Å²) in [4.78, 5) is 12.6. The molecule has 3 fully saturated rings. The molecule has 0 N–H and O–H groups in total. The first kappa shape index (κ1) is 24.1. The monoisotopic (exact) mass is 458 g/mol. The zero-order valence-corrected chi connectivity index (χ0v) is 20.8. The molecule has 0 amide bonds. The third-order valence-electron chi connectivity index (χ3n) is 9.03. The van der Waals surface area contributed by atoms with E-state index in [9.17, 15) is 4.79 Å². The van der Waals surface area contributed by atoms with E-state index in [1.807, 2.05) is 0 Å². The molecule has 178 valence electrons. The van der Waals surface area contributed by atoms with E-state index < -0.39 is 0 Å². The third-order valence-corrected chi connectivity index (χ3v) is 9.28. The van der Waals surface area contributed by atoms with Crippen LogP contribution in [0.3, 0.4) is 0 Å². The van der Waals surface area contributed by atoms with Crippen LogP contribution in [0.15, 0.2) is 24.3 Å². The van der Waals surface area contributed by atoms with Gasteiger partial charge in [0.15, 0.2) is 0 Å². The average molecular weight is 459 g/mol. The summed E-state index contributed by atoms with van der Waals surface area (Å²) in [6, 6.07) is 7.11. The van der Waals surface area contributed by atoms with Crippen molar-refractivity contribution < 1.29 is 9.53 Å². The van der Waals surface area contributed by atoms with Crippen LogP contribution in [0.5, 0.6) is 5.75 Å². The molecule has 0 radical (unpaired) electrons. The van der Waals surface area contributed by atoms with Gasteiger partial charge in [-0.05, 0) is 112 Å². The number of benzene rings is 1. The highest BCUT2D eigenvalue weighted by molar-refractivity contribution is 6.30. The van der Waals surface area contributed by atoms with Crippen molar-refractivity contribution in [1.82, 2.24) is 0 Å². The molecule has 0 heterocycles. The number of unbranched alkanes of at least 4 members (excludes halogenated alkanes) is 3. The molecule has 0 bridgehead atoms. The number of hydrogen-bond donors (Lipinski definition) is 0. The fourth-order valence-electron chi connectivity index (χ4n) is 7.10. The van der Waals surface area contributed by atoms with Crippen LogP contribution in [0, 0.1) is 35.5 Å². The van der Waals surface area contributed by atoms with Crippen molar-refractivity contribution >= 4 is 17.6 Å². The number of hydrogen-bond acceptors (Lipinski definition) is 2. The quantitative estimate of drug-likeness (QED) is 0.221. The fraction of sp³-hybridized carbons (Fsp3) is 0.759. The first-order valence-corrected chi connectivity index (χ1v) is 14.0. The van der Waals surface area contributed by atoms with Gasteiger partial charge in [-0.2, -0.15) is 0 Å². The maximum absolute atomic E-state index is 12.6. The van der Waals surface area contributed by atoms with Gasteiger partial charge >= 0.3 is 5.97 Å². The molecule has 32 heavy (non-hydrogen) atoms. The highest BCUT2D eigenvalue weighted by atomic mass is 35.5. The SMILES string of the molecule is CCCCCCC1CCC2CC(C3CCC(C(=O)Oc4ccc(Cl)cc4)CC3)CCC2C1. The van der Waals surface area contributed by atoms with Gasteiger partial charge in [0.2, 0.25) is 0 Å². The molecule has 0 aliphatic heterocycles. The molecule has 0 spiro atoms. The van der Waals surface area contributed by atoms with Gasteiger partial charge in [-0.25, -0.2) is 0 Å². The standard InChI is InChI=1S/C29H43ClO2/c1-2-3-4-5-6-21-7-8-26-20-25(14-13-24(26)19-21)22-9-11-23(12-10-22)29(31)32-28-17-15-27(30)16-18-28/h15-18,21-26H,2-14,19-20H2,1H3. The van der Waals surface area contributed by atoms with E-state index in [1.54, 1.807) is 24.3 Å². The lowest BCUT2D eigenvalue weighted by Crippen LogP contribution is -2.35. The normalized spacial score (nSPS) is 32.8. The summed E-state index contributed by atoms with van der Waals surface area (Å²) in [6.45, 7) is 2.31. The average Bonchev–Trinajstić information content (AvgIpc) is 2.83. The highest BCUT2D eigenvalue weighted by Gasteiger charge is 2.39. The zero-order chi connectivity index (χ0) is 22.3. The van der Waals surface area contributed by atoms with Crippen LogP contribution >= 0.6 is 11.6 Å². The molecule has 3 heteroatoms. The van der Waals surface area contributed by atoms with E-state index in [-0.39, 0.29) is 11.9 Å². The lowest BCUT2D eigenvalue weighted by Gasteiger charge is -2.45. The van der Waals surface area contributed by atoms with E-state index in [0.29, 0.717) is 10.8 Å². The van der Waals surface area contributed by atoms with Gasteiger partial charge in [0, 0.05) is 5.02 Å². The van der Waals surface area contributed by atoms with Gasteiger partial charge in [-0.15, -0.1) is 0 Å². The molecule has 0 saturated heterocycles. The number of ether oxygens (including phenoxy) is 1. The third kappa shape index (κ3) is 6.52. The Balaban J connectivity index is 1.18.